The first kappa shape index (κ1) is 8.23. The Morgan fingerprint density at radius 3 is 3.18 bits per heavy atom. The highest BCUT2D eigenvalue weighted by molar-refractivity contribution is 7.14. The van der Waals surface area contributed by atoms with Gasteiger partial charge in [-0.2, -0.15) is 0 Å². The molecule has 0 spiro atoms. The lowest BCUT2D eigenvalue weighted by molar-refractivity contribution is 0.412. The van der Waals surface area contributed by atoms with Crippen molar-refractivity contribution < 1.29 is 4.74 Å². The molecule has 0 aromatic carbocycles. The third kappa shape index (κ3) is 2.32. The lowest BCUT2D eigenvalue weighted by atomic mass is 10.4. The summed E-state index contributed by atoms with van der Waals surface area (Å²) < 4.78 is 4.92. The van der Waals surface area contributed by atoms with Crippen molar-refractivity contribution in [3.05, 3.63) is 17.2 Å². The molecular formula is C7H10N2OS. The predicted octanol–water partition coefficient (Wildman–Crippen LogP) is 1.12. The number of hydrogen-bond acceptors (Lipinski definition) is 4. The summed E-state index contributed by atoms with van der Waals surface area (Å²) in [5.41, 5.74) is 5.28. The van der Waals surface area contributed by atoms with Gasteiger partial charge in [-0.25, -0.2) is 4.98 Å². The first-order valence-corrected chi connectivity index (χ1v) is 4.05. The van der Waals surface area contributed by atoms with Crippen molar-refractivity contribution in [1.82, 2.24) is 4.98 Å². The van der Waals surface area contributed by atoms with Crippen LogP contribution >= 0.6 is 11.3 Å². The Bertz CT molecular complexity index is 244. The molecule has 0 amide bonds. The van der Waals surface area contributed by atoms with E-state index in [0.29, 0.717) is 11.7 Å². The molecule has 1 heterocycles. The maximum Gasteiger partial charge on any atom is 0.273 e. The highest BCUT2D eigenvalue weighted by Crippen LogP contribution is 2.20. The topological polar surface area (TPSA) is 48.1 Å². The molecule has 1 aromatic heterocycles. The fourth-order valence-electron chi connectivity index (χ4n) is 0.625. The van der Waals surface area contributed by atoms with E-state index in [2.05, 4.69) is 4.98 Å². The van der Waals surface area contributed by atoms with Gasteiger partial charge in [-0.1, -0.05) is 17.4 Å². The number of thiazole rings is 1. The van der Waals surface area contributed by atoms with Crippen LogP contribution in [0.5, 0.6) is 5.19 Å². The largest absolute Gasteiger partial charge is 0.473 e. The fraction of sp³-hybridized carbons (Fsp3) is 0.286. The average Bonchev–Trinajstić information content (AvgIpc) is 2.48. The Labute approximate surface area is 69.5 Å². The van der Waals surface area contributed by atoms with Gasteiger partial charge in [0.15, 0.2) is 0 Å². The Morgan fingerprint density at radius 2 is 2.64 bits per heavy atom. The van der Waals surface area contributed by atoms with Gasteiger partial charge in [0.05, 0.1) is 12.0 Å². The van der Waals surface area contributed by atoms with E-state index in [0.717, 1.165) is 4.88 Å². The fourth-order valence-corrected chi connectivity index (χ4v) is 1.29. The van der Waals surface area contributed by atoms with Crippen LogP contribution in [0.2, 0.25) is 0 Å². The number of rotatable bonds is 3. The number of nitrogens with zero attached hydrogens (tertiary/aromatic N) is 1. The zero-order valence-corrected chi connectivity index (χ0v) is 7.10. The van der Waals surface area contributed by atoms with Crippen LogP contribution in [-0.4, -0.2) is 18.6 Å². The van der Waals surface area contributed by atoms with Crippen LogP contribution in [0.1, 0.15) is 4.88 Å². The molecule has 4 heteroatoms. The van der Waals surface area contributed by atoms with Crippen molar-refractivity contribution in [2.45, 2.75) is 0 Å². The second-order valence-electron chi connectivity index (χ2n) is 1.87. The maximum atomic E-state index is 5.28. The summed E-state index contributed by atoms with van der Waals surface area (Å²) in [7, 11) is 1.61. The van der Waals surface area contributed by atoms with Gasteiger partial charge in [0.25, 0.3) is 5.19 Å². The summed E-state index contributed by atoms with van der Waals surface area (Å²) in [6.45, 7) is 0.556. The predicted molar refractivity (Wildman–Crippen MR) is 46.8 cm³/mol. The molecule has 0 saturated carbocycles. The molecule has 1 aromatic rings. The van der Waals surface area contributed by atoms with E-state index in [4.69, 9.17) is 10.5 Å². The van der Waals surface area contributed by atoms with E-state index >= 15 is 0 Å². The molecule has 11 heavy (non-hydrogen) atoms. The molecule has 0 aliphatic rings. The highest BCUT2D eigenvalue weighted by atomic mass is 32.1. The summed E-state index contributed by atoms with van der Waals surface area (Å²) in [4.78, 5) is 5.05. The average molecular weight is 170 g/mol. The second kappa shape index (κ2) is 4.10. The summed E-state index contributed by atoms with van der Waals surface area (Å²) >= 11 is 1.50. The summed E-state index contributed by atoms with van der Waals surface area (Å²) in [5.74, 6) is 0. The second-order valence-corrected chi connectivity index (χ2v) is 2.90. The number of ether oxygens (including phenoxy) is 1. The third-order valence-corrected chi connectivity index (χ3v) is 2.02. The maximum absolute atomic E-state index is 5.28. The minimum absolute atomic E-state index is 0.556. The van der Waals surface area contributed by atoms with Crippen LogP contribution in [0.25, 0.3) is 6.08 Å². The summed E-state index contributed by atoms with van der Waals surface area (Å²) in [6.07, 6.45) is 5.57. The van der Waals surface area contributed by atoms with Gasteiger partial charge in [0.2, 0.25) is 0 Å². The summed E-state index contributed by atoms with van der Waals surface area (Å²) in [5, 5.41) is 0.682. The van der Waals surface area contributed by atoms with Crippen LogP contribution in [0.3, 0.4) is 0 Å². The number of methoxy groups -OCH3 is 1. The van der Waals surface area contributed by atoms with Gasteiger partial charge < -0.3 is 10.5 Å². The molecule has 0 atom stereocenters. The lowest BCUT2D eigenvalue weighted by Gasteiger charge is -1.85. The third-order valence-electron chi connectivity index (χ3n) is 1.10. The van der Waals surface area contributed by atoms with E-state index < -0.39 is 0 Å². The van der Waals surface area contributed by atoms with Gasteiger partial charge in [-0.15, -0.1) is 0 Å². The van der Waals surface area contributed by atoms with Crippen LogP contribution in [-0.2, 0) is 0 Å². The van der Waals surface area contributed by atoms with Crippen LogP contribution < -0.4 is 10.5 Å². The quantitative estimate of drug-likeness (QED) is 0.739. The van der Waals surface area contributed by atoms with Crippen molar-refractivity contribution in [3.8, 4) is 5.19 Å². The molecule has 2 N–H and O–H groups in total. The van der Waals surface area contributed by atoms with E-state index in [9.17, 15) is 0 Å². The molecule has 0 unspecified atom stereocenters. The van der Waals surface area contributed by atoms with Crippen LogP contribution in [0, 0.1) is 0 Å². The SMILES string of the molecule is COc1ncc(/C=C/CN)s1. The van der Waals surface area contributed by atoms with Crippen molar-refractivity contribution in [3.63, 3.8) is 0 Å². The Morgan fingerprint density at radius 1 is 1.82 bits per heavy atom. The highest BCUT2D eigenvalue weighted by Gasteiger charge is 1.95. The van der Waals surface area contributed by atoms with E-state index in [1.165, 1.54) is 11.3 Å². The summed E-state index contributed by atoms with van der Waals surface area (Å²) in [6, 6.07) is 0. The molecule has 0 saturated heterocycles. The number of nitrogens with two attached hydrogens (primary N) is 1. The minimum atomic E-state index is 0.556. The number of aromatic nitrogens is 1. The molecule has 0 bridgehead atoms. The van der Waals surface area contributed by atoms with Crippen molar-refractivity contribution >= 4 is 17.4 Å². The Hall–Kier alpha value is -0.870. The first-order valence-electron chi connectivity index (χ1n) is 3.23. The van der Waals surface area contributed by atoms with Crippen LogP contribution in [0.4, 0.5) is 0 Å². The zero-order chi connectivity index (χ0) is 8.10. The Kier molecular flexibility index (Phi) is 3.07. The molecular weight excluding hydrogens is 160 g/mol. The van der Waals surface area contributed by atoms with Gasteiger partial charge in [0.1, 0.15) is 0 Å². The smallest absolute Gasteiger partial charge is 0.273 e. The standard InChI is InChI=1S/C7H10N2OS/c1-10-7-9-5-6(11-7)3-2-4-8/h2-3,5H,4,8H2,1H3/b3-2+. The van der Waals surface area contributed by atoms with Crippen molar-refractivity contribution in [2.24, 2.45) is 5.73 Å². The van der Waals surface area contributed by atoms with E-state index in [-0.39, 0.29) is 0 Å². The zero-order valence-electron chi connectivity index (χ0n) is 6.28. The Balaban J connectivity index is 2.65. The van der Waals surface area contributed by atoms with E-state index in [1.54, 1.807) is 13.3 Å². The molecule has 0 radical (unpaired) electrons. The molecule has 0 aliphatic heterocycles. The molecule has 0 aliphatic carbocycles. The van der Waals surface area contributed by atoms with Gasteiger partial charge in [0, 0.05) is 12.7 Å². The lowest BCUT2D eigenvalue weighted by Crippen LogP contribution is -1.91. The first-order chi connectivity index (χ1) is 5.36. The molecule has 60 valence electrons. The van der Waals surface area contributed by atoms with Crippen molar-refractivity contribution in [1.29, 1.82) is 0 Å². The van der Waals surface area contributed by atoms with Crippen LogP contribution in [0.15, 0.2) is 12.3 Å². The minimum Gasteiger partial charge on any atom is -0.473 e. The normalized spacial score (nSPS) is 10.7. The van der Waals surface area contributed by atoms with Gasteiger partial charge in [-0.05, 0) is 6.08 Å². The molecule has 0 fully saturated rings. The van der Waals surface area contributed by atoms with Gasteiger partial charge >= 0.3 is 0 Å². The monoisotopic (exact) mass is 170 g/mol. The van der Waals surface area contributed by atoms with Crippen molar-refractivity contribution in [2.75, 3.05) is 13.7 Å². The van der Waals surface area contributed by atoms with E-state index in [1.807, 2.05) is 12.2 Å². The van der Waals surface area contributed by atoms with Gasteiger partial charge in [-0.3, -0.25) is 0 Å². The number of hydrogen-bond donors (Lipinski definition) is 1. The molecule has 1 rings (SSSR count). The molecule has 3 nitrogen and oxygen atoms in total.